The molecule has 2 aromatic rings. The second kappa shape index (κ2) is 8.71. The molecule has 1 saturated heterocycles. The smallest absolute Gasteiger partial charge is 0.243 e. The lowest BCUT2D eigenvalue weighted by atomic mass is 9.96. The molecule has 2 atom stereocenters. The molecule has 4 rings (SSSR count). The number of carbonyl (C=O) groups excluding carboxylic acids is 1. The Morgan fingerprint density at radius 2 is 2.12 bits per heavy atom. The van der Waals surface area contributed by atoms with Crippen LogP contribution in [0.3, 0.4) is 0 Å². The van der Waals surface area contributed by atoms with Gasteiger partial charge in [-0.1, -0.05) is 31.2 Å². The van der Waals surface area contributed by atoms with Crippen molar-refractivity contribution >= 4 is 21.7 Å². The molecule has 32 heavy (non-hydrogen) atoms. The quantitative estimate of drug-likeness (QED) is 0.662. The Kier molecular flexibility index (Phi) is 6.13. The number of aromatic nitrogens is 1. The van der Waals surface area contributed by atoms with E-state index in [1.165, 1.54) is 24.9 Å². The Balaban J connectivity index is 1.52. The summed E-state index contributed by atoms with van der Waals surface area (Å²) in [6, 6.07) is 9.46. The number of carbonyl (C=O) groups is 1. The van der Waals surface area contributed by atoms with Gasteiger partial charge in [-0.15, -0.1) is 0 Å². The van der Waals surface area contributed by atoms with Gasteiger partial charge in [0.2, 0.25) is 15.9 Å². The van der Waals surface area contributed by atoms with Gasteiger partial charge >= 0.3 is 0 Å². The molecule has 8 nitrogen and oxygen atoms in total. The summed E-state index contributed by atoms with van der Waals surface area (Å²) in [6.07, 6.45) is 4.16. The first kappa shape index (κ1) is 22.5. The predicted octanol–water partition coefficient (Wildman–Crippen LogP) is 2.65. The van der Waals surface area contributed by atoms with Gasteiger partial charge in [-0.2, -0.15) is 0 Å². The van der Waals surface area contributed by atoms with Gasteiger partial charge in [-0.05, 0) is 37.3 Å². The lowest BCUT2D eigenvalue weighted by molar-refractivity contribution is -0.129. The number of aryl methyl sites for hydroxylation is 1. The summed E-state index contributed by atoms with van der Waals surface area (Å²) < 4.78 is 34.7. The Labute approximate surface area is 189 Å². The van der Waals surface area contributed by atoms with Gasteiger partial charge in [0.15, 0.2) is 11.6 Å². The SMILES string of the molecule is CCC(=O)N1CCC(Nc2ncc(S(=O)(=O)NC3(C)CCc4ccccc43)cc2OC)C1. The number of sulfonamides is 1. The number of pyridine rings is 1. The first-order chi connectivity index (χ1) is 15.3. The number of likely N-dealkylation sites (tertiary alicyclic amines) is 1. The van der Waals surface area contributed by atoms with Crippen LogP contribution in [0.5, 0.6) is 5.75 Å². The van der Waals surface area contributed by atoms with Crippen LogP contribution in [0.1, 0.15) is 44.2 Å². The molecule has 0 radical (unpaired) electrons. The fraction of sp³-hybridized carbons (Fsp3) is 0.478. The summed E-state index contributed by atoms with van der Waals surface area (Å²) >= 11 is 0. The minimum absolute atomic E-state index is 0.0429. The maximum atomic E-state index is 13.2. The molecular weight excluding hydrogens is 428 g/mol. The number of hydrogen-bond acceptors (Lipinski definition) is 6. The van der Waals surface area contributed by atoms with E-state index in [1.54, 1.807) is 0 Å². The highest BCUT2D eigenvalue weighted by atomic mass is 32.2. The summed E-state index contributed by atoms with van der Waals surface area (Å²) in [5, 5.41) is 3.30. The third kappa shape index (κ3) is 4.31. The Bertz CT molecular complexity index is 1120. The molecule has 1 fully saturated rings. The highest BCUT2D eigenvalue weighted by Gasteiger charge is 2.38. The van der Waals surface area contributed by atoms with Gasteiger partial charge in [-0.3, -0.25) is 4.79 Å². The van der Waals surface area contributed by atoms with Crippen LogP contribution in [-0.2, 0) is 26.8 Å². The first-order valence-electron chi connectivity index (χ1n) is 11.0. The molecule has 1 amide bonds. The number of fused-ring (bicyclic) bond motifs is 1. The van der Waals surface area contributed by atoms with E-state index in [-0.39, 0.29) is 16.8 Å². The van der Waals surface area contributed by atoms with E-state index in [1.807, 2.05) is 43.0 Å². The van der Waals surface area contributed by atoms with Crippen molar-refractivity contribution in [1.82, 2.24) is 14.6 Å². The third-order valence-corrected chi connectivity index (χ3v) is 7.97. The summed E-state index contributed by atoms with van der Waals surface area (Å²) in [5.74, 6) is 0.952. The normalized spacial score (nSPS) is 22.6. The summed E-state index contributed by atoms with van der Waals surface area (Å²) in [4.78, 5) is 18.2. The molecule has 9 heteroatoms. The summed E-state index contributed by atoms with van der Waals surface area (Å²) in [6.45, 7) is 5.06. The van der Waals surface area contributed by atoms with Crippen molar-refractivity contribution in [3.63, 3.8) is 0 Å². The number of anilines is 1. The molecule has 2 aliphatic rings. The number of nitrogens with one attached hydrogen (secondary N) is 2. The zero-order chi connectivity index (χ0) is 22.9. The molecule has 2 N–H and O–H groups in total. The fourth-order valence-electron chi connectivity index (χ4n) is 4.62. The molecule has 1 aliphatic heterocycles. The second-order valence-electron chi connectivity index (χ2n) is 8.64. The van der Waals surface area contributed by atoms with Gasteiger partial charge in [0, 0.05) is 37.8 Å². The minimum Gasteiger partial charge on any atom is -0.493 e. The molecule has 0 saturated carbocycles. The number of hydrogen-bond donors (Lipinski definition) is 2. The second-order valence-corrected chi connectivity index (χ2v) is 10.3. The maximum Gasteiger partial charge on any atom is 0.243 e. The van der Waals surface area contributed by atoms with E-state index in [4.69, 9.17) is 4.74 Å². The van der Waals surface area contributed by atoms with E-state index in [9.17, 15) is 13.2 Å². The van der Waals surface area contributed by atoms with Crippen molar-refractivity contribution in [2.24, 2.45) is 0 Å². The Hall–Kier alpha value is -2.65. The number of ether oxygens (including phenoxy) is 1. The van der Waals surface area contributed by atoms with Crippen molar-refractivity contribution in [2.45, 2.75) is 56.0 Å². The number of amides is 1. The van der Waals surface area contributed by atoms with Crippen molar-refractivity contribution in [3.8, 4) is 5.75 Å². The maximum absolute atomic E-state index is 13.2. The van der Waals surface area contributed by atoms with Crippen LogP contribution in [0.4, 0.5) is 5.82 Å². The first-order valence-corrected chi connectivity index (χ1v) is 12.4. The molecule has 172 valence electrons. The van der Waals surface area contributed by atoms with E-state index in [2.05, 4.69) is 15.0 Å². The summed E-state index contributed by atoms with van der Waals surface area (Å²) in [7, 11) is -2.33. The lowest BCUT2D eigenvalue weighted by Crippen LogP contribution is -2.41. The van der Waals surface area contributed by atoms with E-state index >= 15 is 0 Å². The molecule has 1 aliphatic carbocycles. The highest BCUT2D eigenvalue weighted by Crippen LogP contribution is 2.38. The van der Waals surface area contributed by atoms with Gasteiger partial charge < -0.3 is 15.0 Å². The Morgan fingerprint density at radius 1 is 1.34 bits per heavy atom. The van der Waals surface area contributed by atoms with Crippen LogP contribution in [0.2, 0.25) is 0 Å². The minimum atomic E-state index is -3.82. The van der Waals surface area contributed by atoms with E-state index in [0.29, 0.717) is 37.5 Å². The monoisotopic (exact) mass is 458 g/mol. The summed E-state index contributed by atoms with van der Waals surface area (Å²) in [5.41, 5.74) is 1.51. The predicted molar refractivity (Wildman–Crippen MR) is 122 cm³/mol. The fourth-order valence-corrected chi connectivity index (χ4v) is 5.99. The molecule has 1 aromatic carbocycles. The number of methoxy groups -OCH3 is 1. The Morgan fingerprint density at radius 3 is 2.88 bits per heavy atom. The van der Waals surface area contributed by atoms with Crippen LogP contribution >= 0.6 is 0 Å². The molecule has 1 aromatic heterocycles. The van der Waals surface area contributed by atoms with Crippen molar-refractivity contribution in [2.75, 3.05) is 25.5 Å². The highest BCUT2D eigenvalue weighted by molar-refractivity contribution is 7.89. The van der Waals surface area contributed by atoms with Gasteiger partial charge in [0.25, 0.3) is 0 Å². The molecule has 2 heterocycles. The topological polar surface area (TPSA) is 101 Å². The molecule has 0 spiro atoms. The van der Waals surface area contributed by atoms with Crippen LogP contribution in [0, 0.1) is 0 Å². The number of benzene rings is 1. The number of rotatable bonds is 7. The lowest BCUT2D eigenvalue weighted by Gasteiger charge is -2.27. The van der Waals surface area contributed by atoms with E-state index in [0.717, 1.165) is 18.4 Å². The molecule has 2 unspecified atom stereocenters. The zero-order valence-electron chi connectivity index (χ0n) is 18.7. The molecule has 0 bridgehead atoms. The number of nitrogens with zero attached hydrogens (tertiary/aromatic N) is 2. The van der Waals surface area contributed by atoms with Gasteiger partial charge in [0.1, 0.15) is 4.90 Å². The zero-order valence-corrected chi connectivity index (χ0v) is 19.5. The van der Waals surface area contributed by atoms with Gasteiger partial charge in [0.05, 0.1) is 12.6 Å². The average molecular weight is 459 g/mol. The van der Waals surface area contributed by atoms with Crippen molar-refractivity contribution < 1.29 is 17.9 Å². The average Bonchev–Trinajstić information content (AvgIpc) is 3.38. The largest absolute Gasteiger partial charge is 0.493 e. The van der Waals surface area contributed by atoms with Crippen LogP contribution in [0.25, 0.3) is 0 Å². The van der Waals surface area contributed by atoms with Crippen LogP contribution in [0.15, 0.2) is 41.4 Å². The van der Waals surface area contributed by atoms with Gasteiger partial charge in [-0.25, -0.2) is 18.1 Å². The van der Waals surface area contributed by atoms with Crippen molar-refractivity contribution in [3.05, 3.63) is 47.7 Å². The van der Waals surface area contributed by atoms with E-state index < -0.39 is 15.6 Å². The standard InChI is InChI=1S/C23H30N4O4S/c1-4-21(28)27-12-10-17(15-27)25-22-20(31-3)13-18(14-24-22)32(29,30)26-23(2)11-9-16-7-5-6-8-19(16)23/h5-8,13-14,17,26H,4,9-12,15H2,1-3H3,(H,24,25). The van der Waals surface area contributed by atoms with Crippen LogP contribution < -0.4 is 14.8 Å². The third-order valence-electron chi connectivity index (χ3n) is 6.41. The van der Waals surface area contributed by atoms with Crippen LogP contribution in [-0.4, -0.2) is 50.5 Å². The van der Waals surface area contributed by atoms with Crippen molar-refractivity contribution in [1.29, 1.82) is 0 Å². The molecular formula is C23H30N4O4S.